The molecule has 23 heavy (non-hydrogen) atoms. The zero-order chi connectivity index (χ0) is 16.1. The third-order valence-corrected chi connectivity index (χ3v) is 4.11. The molecule has 6 heteroatoms. The van der Waals surface area contributed by atoms with Crippen molar-refractivity contribution in [2.24, 2.45) is 16.8 Å². The first-order valence-corrected chi connectivity index (χ1v) is 8.08. The minimum absolute atomic E-state index is 0. The third kappa shape index (κ3) is 5.51. The Labute approximate surface area is 157 Å². The van der Waals surface area contributed by atoms with Crippen molar-refractivity contribution >= 4 is 35.8 Å². The summed E-state index contributed by atoms with van der Waals surface area (Å²) in [5, 5.41) is 3.50. The molecule has 0 amide bonds. The Kier molecular flexibility index (Phi) is 8.08. The molecule has 0 aromatic carbocycles. The van der Waals surface area contributed by atoms with Crippen LogP contribution in [-0.2, 0) is 6.54 Å². The Balaban J connectivity index is 0.00000264. The summed E-state index contributed by atoms with van der Waals surface area (Å²) in [7, 11) is 5.91. The highest BCUT2D eigenvalue weighted by Gasteiger charge is 2.24. The first-order valence-electron chi connectivity index (χ1n) is 8.08. The number of anilines is 1. The lowest BCUT2D eigenvalue weighted by atomic mass is 9.92. The molecule has 1 N–H and O–H groups in total. The number of nitrogens with one attached hydrogen (secondary N) is 1. The van der Waals surface area contributed by atoms with Gasteiger partial charge in [0.1, 0.15) is 5.82 Å². The fourth-order valence-corrected chi connectivity index (χ4v) is 3.31. The molecule has 0 saturated carbocycles. The monoisotopic (exact) mass is 431 g/mol. The standard InChI is InChI=1S/C17H29N5.HI/c1-13-9-14(2)12-22(11-13)17(18-3)20-10-15-7-6-8-19-16(15)21(4)5;/h6-8,13-14H,9-12H2,1-5H3,(H,18,20);1H. The summed E-state index contributed by atoms with van der Waals surface area (Å²) in [6.45, 7) is 7.55. The molecule has 0 radical (unpaired) electrons. The van der Waals surface area contributed by atoms with Gasteiger partial charge >= 0.3 is 0 Å². The van der Waals surface area contributed by atoms with Crippen LogP contribution in [0.1, 0.15) is 25.8 Å². The number of rotatable bonds is 3. The molecule has 2 unspecified atom stereocenters. The fraction of sp³-hybridized carbons (Fsp3) is 0.647. The van der Waals surface area contributed by atoms with E-state index in [2.05, 4.69) is 40.1 Å². The quantitative estimate of drug-likeness (QED) is 0.454. The van der Waals surface area contributed by atoms with E-state index in [1.807, 2.05) is 38.3 Å². The van der Waals surface area contributed by atoms with Crippen molar-refractivity contribution in [2.45, 2.75) is 26.8 Å². The second kappa shape index (κ2) is 9.30. The van der Waals surface area contributed by atoms with Gasteiger partial charge in [-0.15, -0.1) is 24.0 Å². The van der Waals surface area contributed by atoms with E-state index in [4.69, 9.17) is 0 Å². The maximum Gasteiger partial charge on any atom is 0.193 e. The molecular formula is C17H30IN5. The zero-order valence-electron chi connectivity index (χ0n) is 14.9. The van der Waals surface area contributed by atoms with Crippen molar-refractivity contribution in [1.29, 1.82) is 0 Å². The first-order chi connectivity index (χ1) is 10.5. The van der Waals surface area contributed by atoms with Crippen LogP contribution in [0.25, 0.3) is 0 Å². The molecule has 2 atom stereocenters. The van der Waals surface area contributed by atoms with Gasteiger partial charge in [0.25, 0.3) is 0 Å². The molecule has 2 heterocycles. The number of halogens is 1. The van der Waals surface area contributed by atoms with Gasteiger partial charge < -0.3 is 15.1 Å². The highest BCUT2D eigenvalue weighted by molar-refractivity contribution is 14.0. The third-order valence-electron chi connectivity index (χ3n) is 4.11. The number of nitrogens with zero attached hydrogens (tertiary/aromatic N) is 4. The average Bonchev–Trinajstić information content (AvgIpc) is 2.47. The van der Waals surface area contributed by atoms with E-state index in [0.717, 1.165) is 43.2 Å². The molecule has 0 bridgehead atoms. The van der Waals surface area contributed by atoms with E-state index in [-0.39, 0.29) is 24.0 Å². The van der Waals surface area contributed by atoms with E-state index < -0.39 is 0 Å². The summed E-state index contributed by atoms with van der Waals surface area (Å²) in [6, 6.07) is 4.10. The normalized spacial score (nSPS) is 21.6. The summed E-state index contributed by atoms with van der Waals surface area (Å²) in [4.78, 5) is 13.3. The number of guanidine groups is 1. The highest BCUT2D eigenvalue weighted by atomic mass is 127. The maximum atomic E-state index is 4.47. The van der Waals surface area contributed by atoms with Gasteiger partial charge in [0.15, 0.2) is 5.96 Å². The van der Waals surface area contributed by atoms with Crippen LogP contribution < -0.4 is 10.2 Å². The fourth-order valence-electron chi connectivity index (χ4n) is 3.31. The van der Waals surface area contributed by atoms with Crippen LogP contribution in [-0.4, -0.2) is 50.1 Å². The van der Waals surface area contributed by atoms with Crippen LogP contribution in [0.3, 0.4) is 0 Å². The molecule has 2 rings (SSSR count). The highest BCUT2D eigenvalue weighted by Crippen LogP contribution is 2.21. The summed E-state index contributed by atoms with van der Waals surface area (Å²) < 4.78 is 0. The number of likely N-dealkylation sites (tertiary alicyclic amines) is 1. The molecule has 130 valence electrons. The largest absolute Gasteiger partial charge is 0.362 e. The van der Waals surface area contributed by atoms with Crippen LogP contribution >= 0.6 is 24.0 Å². The van der Waals surface area contributed by atoms with Crippen LogP contribution in [0.2, 0.25) is 0 Å². The van der Waals surface area contributed by atoms with Crippen molar-refractivity contribution in [3.63, 3.8) is 0 Å². The van der Waals surface area contributed by atoms with E-state index >= 15 is 0 Å². The number of aromatic nitrogens is 1. The molecule has 1 aromatic rings. The lowest BCUT2D eigenvalue weighted by molar-refractivity contribution is 0.208. The van der Waals surface area contributed by atoms with E-state index in [9.17, 15) is 0 Å². The van der Waals surface area contributed by atoms with E-state index in [1.165, 1.54) is 12.0 Å². The summed E-state index contributed by atoms with van der Waals surface area (Å²) >= 11 is 0. The number of aliphatic imine (C=N–C) groups is 1. The maximum absolute atomic E-state index is 4.47. The topological polar surface area (TPSA) is 43.8 Å². The van der Waals surface area contributed by atoms with Gasteiger partial charge in [0, 0.05) is 52.5 Å². The van der Waals surface area contributed by atoms with Gasteiger partial charge in [-0.05, 0) is 24.3 Å². The first kappa shape index (κ1) is 20.0. The summed E-state index contributed by atoms with van der Waals surface area (Å²) in [5.74, 6) is 3.44. The van der Waals surface area contributed by atoms with Crippen LogP contribution in [0, 0.1) is 11.8 Å². The zero-order valence-corrected chi connectivity index (χ0v) is 17.2. The van der Waals surface area contributed by atoms with Crippen LogP contribution in [0.4, 0.5) is 5.82 Å². The molecule has 1 saturated heterocycles. The number of hydrogen-bond donors (Lipinski definition) is 1. The van der Waals surface area contributed by atoms with E-state index in [0.29, 0.717) is 0 Å². The van der Waals surface area contributed by atoms with Crippen molar-refractivity contribution < 1.29 is 0 Å². The Morgan fingerprint density at radius 2 is 2.00 bits per heavy atom. The van der Waals surface area contributed by atoms with Gasteiger partial charge in [0.05, 0.1) is 0 Å². The molecule has 1 aliphatic heterocycles. The molecular weight excluding hydrogens is 401 g/mol. The predicted molar refractivity (Wildman–Crippen MR) is 109 cm³/mol. The van der Waals surface area contributed by atoms with Gasteiger partial charge in [-0.1, -0.05) is 19.9 Å². The smallest absolute Gasteiger partial charge is 0.193 e. The average molecular weight is 431 g/mol. The minimum Gasteiger partial charge on any atom is -0.362 e. The Morgan fingerprint density at radius 1 is 1.35 bits per heavy atom. The molecule has 1 fully saturated rings. The second-order valence-corrected chi connectivity index (χ2v) is 6.63. The minimum atomic E-state index is 0. The van der Waals surface area contributed by atoms with Crippen molar-refractivity contribution in [3.8, 4) is 0 Å². The summed E-state index contributed by atoms with van der Waals surface area (Å²) in [5.41, 5.74) is 1.19. The lowest BCUT2D eigenvalue weighted by Gasteiger charge is -2.37. The predicted octanol–water partition coefficient (Wildman–Crippen LogP) is 2.82. The molecule has 5 nitrogen and oxygen atoms in total. The lowest BCUT2D eigenvalue weighted by Crippen LogP contribution is -2.48. The Bertz CT molecular complexity index is 507. The van der Waals surface area contributed by atoms with Crippen LogP contribution in [0.15, 0.2) is 23.3 Å². The molecule has 1 aromatic heterocycles. The van der Waals surface area contributed by atoms with E-state index in [1.54, 1.807) is 0 Å². The molecule has 0 spiro atoms. The molecule has 1 aliphatic rings. The Morgan fingerprint density at radius 3 is 2.57 bits per heavy atom. The Hall–Kier alpha value is -1.05. The van der Waals surface area contributed by atoms with Crippen molar-refractivity contribution in [3.05, 3.63) is 23.9 Å². The van der Waals surface area contributed by atoms with Crippen molar-refractivity contribution in [2.75, 3.05) is 39.1 Å². The second-order valence-electron chi connectivity index (χ2n) is 6.63. The van der Waals surface area contributed by atoms with Crippen molar-refractivity contribution in [1.82, 2.24) is 15.2 Å². The summed E-state index contributed by atoms with van der Waals surface area (Å²) in [6.07, 6.45) is 3.14. The van der Waals surface area contributed by atoms with Gasteiger partial charge in [-0.3, -0.25) is 4.99 Å². The molecule has 0 aliphatic carbocycles. The number of pyridine rings is 1. The van der Waals surface area contributed by atoms with Gasteiger partial charge in [-0.2, -0.15) is 0 Å². The van der Waals surface area contributed by atoms with Gasteiger partial charge in [-0.25, -0.2) is 4.98 Å². The number of piperidine rings is 1. The van der Waals surface area contributed by atoms with Gasteiger partial charge in [0.2, 0.25) is 0 Å². The SMILES string of the molecule is CN=C(NCc1cccnc1N(C)C)N1CC(C)CC(C)C1.I. The number of hydrogen-bond acceptors (Lipinski definition) is 3. The van der Waals surface area contributed by atoms with Crippen LogP contribution in [0.5, 0.6) is 0 Å².